The van der Waals surface area contributed by atoms with Crippen molar-refractivity contribution in [1.82, 2.24) is 13.7 Å². The van der Waals surface area contributed by atoms with E-state index in [9.17, 15) is 5.26 Å². The van der Waals surface area contributed by atoms with Gasteiger partial charge in [0.05, 0.1) is 66.9 Å². The Bertz CT molecular complexity index is 3630. The molecular weight excluding hydrogens is 687 g/mol. The average Bonchev–Trinajstić information content (AvgIpc) is 3.99. The van der Waals surface area contributed by atoms with Crippen molar-refractivity contribution in [3.63, 3.8) is 0 Å². The predicted molar refractivity (Wildman–Crippen MR) is 229 cm³/mol. The minimum Gasteiger partial charge on any atom is -0.455 e. The summed E-state index contributed by atoms with van der Waals surface area (Å²) in [7, 11) is 0. The summed E-state index contributed by atoms with van der Waals surface area (Å²) in [6.45, 7) is 0. The fourth-order valence-corrected chi connectivity index (χ4v) is 9.30. The number of aromatic nitrogens is 3. The molecule has 4 aromatic heterocycles. The number of benzene rings is 8. The molecule has 0 saturated carbocycles. The first-order valence-corrected chi connectivity index (χ1v) is 18.7. The average molecular weight is 716 g/mol. The Morgan fingerprint density at radius 1 is 0.464 bits per heavy atom. The Balaban J connectivity index is 1.23. The number of hydrogen-bond acceptors (Lipinski definition) is 3. The van der Waals surface area contributed by atoms with Crippen molar-refractivity contribution in [3.05, 3.63) is 175 Å². The van der Waals surface area contributed by atoms with E-state index in [0.29, 0.717) is 11.1 Å². The van der Waals surface area contributed by atoms with Crippen LogP contribution in [0.2, 0.25) is 0 Å². The highest BCUT2D eigenvalue weighted by atomic mass is 16.3. The van der Waals surface area contributed by atoms with Gasteiger partial charge in [0, 0.05) is 49.8 Å². The molecule has 0 unspecified atom stereocenters. The Morgan fingerprint density at radius 3 is 1.50 bits per heavy atom. The lowest BCUT2D eigenvalue weighted by Gasteiger charge is -2.19. The quantitative estimate of drug-likeness (QED) is 0.184. The van der Waals surface area contributed by atoms with Crippen LogP contribution in [0.1, 0.15) is 11.1 Å². The van der Waals surface area contributed by atoms with E-state index in [1.165, 1.54) is 6.21 Å². The molecule has 8 aromatic carbocycles. The highest BCUT2D eigenvalue weighted by Gasteiger charge is 2.25. The summed E-state index contributed by atoms with van der Waals surface area (Å²) in [5.41, 5.74) is 11.8. The second-order valence-electron chi connectivity index (χ2n) is 14.4. The normalized spacial score (nSPS) is 12.0. The van der Waals surface area contributed by atoms with Gasteiger partial charge in [-0.25, -0.2) is 0 Å². The van der Waals surface area contributed by atoms with Crippen LogP contribution in [0.3, 0.4) is 0 Å². The standard InChI is InChI=1S/C50H29N5O/c51-28-30-26-31(29-52)48(55-39-18-8-4-14-33(39)34-15-5-9-19-40(34)55)45(27-30)54-42-21-11-7-17-38(42)47-44(54)25-23-36-35-22-24-43-46(49(35)56-50(36)47)37-16-6-10-20-41(37)53(43)32-12-2-1-3-13-32/h1-27,29,52H. The first-order valence-electron chi connectivity index (χ1n) is 18.7. The number of rotatable bonds is 4. The summed E-state index contributed by atoms with van der Waals surface area (Å²) < 4.78 is 14.0. The van der Waals surface area contributed by atoms with E-state index in [-0.39, 0.29) is 0 Å². The maximum atomic E-state index is 10.4. The van der Waals surface area contributed by atoms with E-state index in [0.717, 1.165) is 104 Å². The summed E-state index contributed by atoms with van der Waals surface area (Å²) in [4.78, 5) is 0. The number of nitriles is 1. The highest BCUT2D eigenvalue weighted by Crippen LogP contribution is 2.46. The van der Waals surface area contributed by atoms with Gasteiger partial charge in [-0.3, -0.25) is 0 Å². The molecule has 0 spiro atoms. The van der Waals surface area contributed by atoms with Crippen LogP contribution in [0.25, 0.3) is 104 Å². The molecule has 6 nitrogen and oxygen atoms in total. The Kier molecular flexibility index (Phi) is 6.18. The number of nitrogens with one attached hydrogen (secondary N) is 1. The van der Waals surface area contributed by atoms with Crippen molar-refractivity contribution in [3.8, 4) is 23.1 Å². The topological polar surface area (TPSA) is 75.6 Å². The molecule has 0 atom stereocenters. The number of fused-ring (bicyclic) bond motifs is 14. The Morgan fingerprint density at radius 2 is 0.946 bits per heavy atom. The van der Waals surface area contributed by atoms with E-state index >= 15 is 0 Å². The molecule has 0 bridgehead atoms. The zero-order valence-electron chi connectivity index (χ0n) is 29.9. The lowest BCUT2D eigenvalue weighted by atomic mass is 10.1. The van der Waals surface area contributed by atoms with Gasteiger partial charge >= 0.3 is 0 Å². The summed E-state index contributed by atoms with van der Waals surface area (Å²) in [6.07, 6.45) is 1.37. The maximum absolute atomic E-state index is 10.4. The third-order valence-corrected chi connectivity index (χ3v) is 11.5. The first kappa shape index (κ1) is 30.6. The van der Waals surface area contributed by atoms with Crippen molar-refractivity contribution >= 4 is 93.6 Å². The number of para-hydroxylation sites is 5. The van der Waals surface area contributed by atoms with Gasteiger partial charge in [0.15, 0.2) is 0 Å². The van der Waals surface area contributed by atoms with E-state index in [2.05, 4.69) is 165 Å². The molecule has 260 valence electrons. The summed E-state index contributed by atoms with van der Waals surface area (Å²) in [5, 5.41) is 27.7. The zero-order valence-corrected chi connectivity index (χ0v) is 29.9. The van der Waals surface area contributed by atoms with Crippen LogP contribution >= 0.6 is 0 Å². The van der Waals surface area contributed by atoms with E-state index in [1.807, 2.05) is 18.2 Å². The first-order chi connectivity index (χ1) is 27.7. The molecule has 0 fully saturated rings. The third kappa shape index (κ3) is 3.95. The minimum atomic E-state index is 0.482. The van der Waals surface area contributed by atoms with Crippen LogP contribution in [0.15, 0.2) is 168 Å². The van der Waals surface area contributed by atoms with Crippen molar-refractivity contribution in [2.75, 3.05) is 0 Å². The second kappa shape index (κ2) is 11.3. The largest absolute Gasteiger partial charge is 0.455 e. The van der Waals surface area contributed by atoms with Crippen LogP contribution in [0.5, 0.6) is 0 Å². The number of nitrogens with zero attached hydrogens (tertiary/aromatic N) is 4. The predicted octanol–water partition coefficient (Wildman–Crippen LogP) is 12.7. The highest BCUT2D eigenvalue weighted by molar-refractivity contribution is 6.29. The molecule has 0 aliphatic carbocycles. The summed E-state index contributed by atoms with van der Waals surface area (Å²) >= 11 is 0. The summed E-state index contributed by atoms with van der Waals surface area (Å²) in [6, 6.07) is 59.2. The van der Waals surface area contributed by atoms with Crippen LogP contribution < -0.4 is 0 Å². The lowest BCUT2D eigenvalue weighted by Crippen LogP contribution is -2.08. The number of hydrogen-bond donors (Lipinski definition) is 1. The van der Waals surface area contributed by atoms with E-state index in [1.54, 1.807) is 0 Å². The van der Waals surface area contributed by atoms with Gasteiger partial charge in [0.2, 0.25) is 0 Å². The van der Waals surface area contributed by atoms with Gasteiger partial charge in [-0.15, -0.1) is 0 Å². The van der Waals surface area contributed by atoms with Crippen molar-refractivity contribution in [2.45, 2.75) is 0 Å². The smallest absolute Gasteiger partial charge is 0.145 e. The molecule has 12 aromatic rings. The molecule has 0 saturated heterocycles. The van der Waals surface area contributed by atoms with Gasteiger partial charge in [-0.2, -0.15) is 5.26 Å². The van der Waals surface area contributed by atoms with Crippen LogP contribution in [0, 0.1) is 16.7 Å². The fraction of sp³-hybridized carbons (Fsp3) is 0. The molecule has 0 radical (unpaired) electrons. The summed E-state index contributed by atoms with van der Waals surface area (Å²) in [5.74, 6) is 0. The molecule has 0 aliphatic rings. The molecule has 56 heavy (non-hydrogen) atoms. The SMILES string of the molecule is N#Cc1cc(C=N)c(-n2c3ccccc3c3ccccc32)c(-n2c3ccccc3c3c4oc5c(ccc6c5c5ccccc5n6-c5ccccc5)c4ccc32)c1. The molecule has 0 aliphatic heterocycles. The molecular formula is C50H29N5O. The van der Waals surface area contributed by atoms with Crippen molar-refractivity contribution in [1.29, 1.82) is 10.7 Å². The molecule has 6 heteroatoms. The second-order valence-corrected chi connectivity index (χ2v) is 14.4. The fourth-order valence-electron chi connectivity index (χ4n) is 9.30. The molecule has 12 rings (SSSR count). The van der Waals surface area contributed by atoms with Crippen LogP contribution in [-0.4, -0.2) is 19.9 Å². The van der Waals surface area contributed by atoms with Gasteiger partial charge in [0.1, 0.15) is 11.2 Å². The number of furan rings is 1. The van der Waals surface area contributed by atoms with Gasteiger partial charge in [-0.1, -0.05) is 91.0 Å². The van der Waals surface area contributed by atoms with Crippen molar-refractivity contribution in [2.24, 2.45) is 0 Å². The molecule has 4 heterocycles. The van der Waals surface area contributed by atoms with E-state index in [4.69, 9.17) is 9.83 Å². The van der Waals surface area contributed by atoms with Crippen molar-refractivity contribution < 1.29 is 4.42 Å². The van der Waals surface area contributed by atoms with E-state index < -0.39 is 0 Å². The minimum absolute atomic E-state index is 0.482. The monoisotopic (exact) mass is 715 g/mol. The maximum Gasteiger partial charge on any atom is 0.145 e. The molecule has 0 amide bonds. The zero-order chi connectivity index (χ0) is 37.1. The lowest BCUT2D eigenvalue weighted by molar-refractivity contribution is 0.677. The van der Waals surface area contributed by atoms with Crippen LogP contribution in [0.4, 0.5) is 0 Å². The van der Waals surface area contributed by atoms with Gasteiger partial charge < -0.3 is 23.5 Å². The molecule has 1 N–H and O–H groups in total. The van der Waals surface area contributed by atoms with Gasteiger partial charge in [-0.05, 0) is 72.8 Å². The Labute approximate surface area is 319 Å². The third-order valence-electron chi connectivity index (χ3n) is 11.5. The Hall–Kier alpha value is -7.88. The van der Waals surface area contributed by atoms with Crippen LogP contribution in [-0.2, 0) is 0 Å². The van der Waals surface area contributed by atoms with Gasteiger partial charge in [0.25, 0.3) is 0 Å².